The van der Waals surface area contributed by atoms with Gasteiger partial charge in [0.15, 0.2) is 0 Å². The first kappa shape index (κ1) is 9.91. The number of ketones is 1. The molecular weight excluding hydrogens is 176 g/mol. The van der Waals surface area contributed by atoms with E-state index in [1.165, 1.54) is 0 Å². The van der Waals surface area contributed by atoms with E-state index in [1.807, 2.05) is 26.8 Å². The molecule has 1 saturated carbocycles. The van der Waals surface area contributed by atoms with Crippen molar-refractivity contribution in [3.8, 4) is 0 Å². The van der Waals surface area contributed by atoms with Crippen LogP contribution in [-0.4, -0.2) is 17.0 Å². The number of hydrogen-bond acceptors (Lipinski definition) is 2. The van der Waals surface area contributed by atoms with Gasteiger partial charge in [0.25, 0.3) is 0 Å². The lowest BCUT2D eigenvalue weighted by Crippen LogP contribution is -2.33. The minimum absolute atomic E-state index is 0.232. The molecule has 1 N–H and O–H groups in total. The fourth-order valence-electron chi connectivity index (χ4n) is 2.91. The maximum absolute atomic E-state index is 12.2. The van der Waals surface area contributed by atoms with Gasteiger partial charge < -0.3 is 5.11 Å². The lowest BCUT2D eigenvalue weighted by Gasteiger charge is -2.30. The first-order chi connectivity index (χ1) is 6.36. The molecule has 0 aromatic rings. The van der Waals surface area contributed by atoms with Crippen molar-refractivity contribution in [2.75, 3.05) is 0 Å². The van der Waals surface area contributed by atoms with Gasteiger partial charge in [-0.3, -0.25) is 4.79 Å². The van der Waals surface area contributed by atoms with Crippen molar-refractivity contribution in [1.82, 2.24) is 0 Å². The van der Waals surface area contributed by atoms with Gasteiger partial charge in [-0.2, -0.15) is 0 Å². The molecule has 2 nitrogen and oxygen atoms in total. The number of hydrogen-bond donors (Lipinski definition) is 1. The Kier molecular flexibility index (Phi) is 1.91. The smallest absolute Gasteiger partial charge is 0.148 e. The van der Waals surface area contributed by atoms with E-state index in [2.05, 4.69) is 0 Å². The largest absolute Gasteiger partial charge is 0.389 e. The van der Waals surface area contributed by atoms with E-state index in [0.29, 0.717) is 5.78 Å². The van der Waals surface area contributed by atoms with Crippen molar-refractivity contribution in [1.29, 1.82) is 0 Å². The number of Topliss-reactive ketones (excluding diaryl/α,β-unsaturated/α-hetero) is 1. The predicted octanol–water partition coefficient (Wildman–Crippen LogP) is 2.07. The first-order valence-electron chi connectivity index (χ1n) is 5.30. The zero-order chi connectivity index (χ0) is 10.6. The molecule has 0 heterocycles. The molecule has 0 radical (unpaired) electrons. The van der Waals surface area contributed by atoms with Gasteiger partial charge in [-0.1, -0.05) is 25.5 Å². The molecule has 0 aromatic heterocycles. The first-order valence-corrected chi connectivity index (χ1v) is 5.30. The average molecular weight is 194 g/mol. The summed E-state index contributed by atoms with van der Waals surface area (Å²) in [6.07, 6.45) is 3.92. The lowest BCUT2D eigenvalue weighted by molar-refractivity contribution is -0.131. The van der Waals surface area contributed by atoms with E-state index in [-0.39, 0.29) is 16.9 Å². The van der Waals surface area contributed by atoms with Gasteiger partial charge in [0.05, 0.1) is 6.10 Å². The van der Waals surface area contributed by atoms with E-state index in [9.17, 15) is 9.90 Å². The van der Waals surface area contributed by atoms with Crippen LogP contribution in [0.4, 0.5) is 0 Å². The van der Waals surface area contributed by atoms with E-state index in [4.69, 9.17) is 0 Å². The molecule has 2 aliphatic rings. The third-order valence-corrected chi connectivity index (χ3v) is 3.79. The van der Waals surface area contributed by atoms with Crippen LogP contribution in [0.3, 0.4) is 0 Å². The van der Waals surface area contributed by atoms with E-state index in [1.54, 1.807) is 0 Å². The standard InChI is InChI=1S/C12H18O2/c1-11(2)7-8-6-9(13)4-5-12(8,3)10(11)14/h6,9,13H,4-5,7H2,1-3H3. The number of aliphatic hydroxyl groups excluding tert-OH is 1. The van der Waals surface area contributed by atoms with Crippen LogP contribution in [-0.2, 0) is 4.79 Å². The average Bonchev–Trinajstić information content (AvgIpc) is 2.25. The summed E-state index contributed by atoms with van der Waals surface area (Å²) in [4.78, 5) is 12.2. The third kappa shape index (κ3) is 1.17. The highest BCUT2D eigenvalue weighted by Gasteiger charge is 2.53. The molecule has 14 heavy (non-hydrogen) atoms. The Morgan fingerprint density at radius 2 is 2.07 bits per heavy atom. The van der Waals surface area contributed by atoms with Gasteiger partial charge >= 0.3 is 0 Å². The second kappa shape index (κ2) is 2.69. The van der Waals surface area contributed by atoms with Crippen molar-refractivity contribution in [2.45, 2.75) is 46.1 Å². The SMILES string of the molecule is CC1(C)CC2=CC(O)CCC2(C)C1=O. The van der Waals surface area contributed by atoms with Crippen LogP contribution in [0.1, 0.15) is 40.0 Å². The van der Waals surface area contributed by atoms with E-state index >= 15 is 0 Å². The summed E-state index contributed by atoms with van der Waals surface area (Å²) in [6, 6.07) is 0. The summed E-state index contributed by atoms with van der Waals surface area (Å²) < 4.78 is 0. The van der Waals surface area contributed by atoms with Crippen molar-refractivity contribution >= 4 is 5.78 Å². The van der Waals surface area contributed by atoms with Gasteiger partial charge in [-0.25, -0.2) is 0 Å². The molecule has 2 atom stereocenters. The monoisotopic (exact) mass is 194 g/mol. The number of carbonyl (C=O) groups excluding carboxylic acids is 1. The Labute approximate surface area is 85.0 Å². The van der Waals surface area contributed by atoms with Crippen molar-refractivity contribution in [3.63, 3.8) is 0 Å². The number of aliphatic hydroxyl groups is 1. The Morgan fingerprint density at radius 3 is 2.71 bits per heavy atom. The van der Waals surface area contributed by atoms with Crippen LogP contribution in [0, 0.1) is 10.8 Å². The number of rotatable bonds is 0. The molecule has 0 spiro atoms. The summed E-state index contributed by atoms with van der Waals surface area (Å²) in [5.74, 6) is 0.350. The van der Waals surface area contributed by atoms with Crippen LogP contribution >= 0.6 is 0 Å². The summed E-state index contributed by atoms with van der Waals surface area (Å²) in [5, 5.41) is 9.54. The highest BCUT2D eigenvalue weighted by Crippen LogP contribution is 2.53. The number of carbonyl (C=O) groups is 1. The van der Waals surface area contributed by atoms with E-state index in [0.717, 1.165) is 24.8 Å². The Balaban J connectivity index is 2.44. The zero-order valence-electron chi connectivity index (χ0n) is 9.13. The molecule has 0 saturated heterocycles. The molecule has 0 aliphatic heterocycles. The third-order valence-electron chi connectivity index (χ3n) is 3.79. The van der Waals surface area contributed by atoms with Crippen LogP contribution in [0.5, 0.6) is 0 Å². The topological polar surface area (TPSA) is 37.3 Å². The Morgan fingerprint density at radius 1 is 1.43 bits per heavy atom. The molecule has 78 valence electrons. The molecule has 2 heteroatoms. The molecule has 0 bridgehead atoms. The van der Waals surface area contributed by atoms with Crippen molar-refractivity contribution in [2.24, 2.45) is 10.8 Å². The van der Waals surface area contributed by atoms with Crippen LogP contribution in [0.2, 0.25) is 0 Å². The molecule has 1 fully saturated rings. The second-order valence-electron chi connectivity index (χ2n) is 5.52. The van der Waals surface area contributed by atoms with Gasteiger partial charge in [0, 0.05) is 10.8 Å². The van der Waals surface area contributed by atoms with Gasteiger partial charge in [-0.15, -0.1) is 0 Å². The fourth-order valence-corrected chi connectivity index (χ4v) is 2.91. The highest BCUT2D eigenvalue weighted by molar-refractivity contribution is 5.95. The molecule has 0 aromatic carbocycles. The highest BCUT2D eigenvalue weighted by atomic mass is 16.3. The summed E-state index contributed by atoms with van der Waals surface area (Å²) in [5.41, 5.74) is 0.652. The summed E-state index contributed by atoms with van der Waals surface area (Å²) >= 11 is 0. The molecule has 2 rings (SSSR count). The molecule has 2 unspecified atom stereocenters. The van der Waals surface area contributed by atoms with E-state index < -0.39 is 0 Å². The van der Waals surface area contributed by atoms with Crippen molar-refractivity contribution in [3.05, 3.63) is 11.6 Å². The van der Waals surface area contributed by atoms with Crippen LogP contribution in [0.15, 0.2) is 11.6 Å². The van der Waals surface area contributed by atoms with Crippen LogP contribution in [0.25, 0.3) is 0 Å². The molecule has 0 amide bonds. The predicted molar refractivity (Wildman–Crippen MR) is 54.8 cm³/mol. The second-order valence-corrected chi connectivity index (χ2v) is 5.52. The summed E-state index contributed by atoms with van der Waals surface area (Å²) in [6.45, 7) is 6.04. The minimum atomic E-state index is -0.334. The minimum Gasteiger partial charge on any atom is -0.389 e. The zero-order valence-corrected chi connectivity index (χ0v) is 9.13. The maximum atomic E-state index is 12.2. The van der Waals surface area contributed by atoms with Crippen molar-refractivity contribution < 1.29 is 9.90 Å². The molecular formula is C12H18O2. The van der Waals surface area contributed by atoms with Crippen LogP contribution < -0.4 is 0 Å². The fraction of sp³-hybridized carbons (Fsp3) is 0.750. The Hall–Kier alpha value is -0.630. The normalized spacial score (nSPS) is 40.7. The lowest BCUT2D eigenvalue weighted by atomic mass is 9.73. The maximum Gasteiger partial charge on any atom is 0.148 e. The summed E-state index contributed by atoms with van der Waals surface area (Å²) in [7, 11) is 0. The Bertz CT molecular complexity index is 314. The van der Waals surface area contributed by atoms with Gasteiger partial charge in [-0.05, 0) is 26.2 Å². The van der Waals surface area contributed by atoms with Gasteiger partial charge in [0.2, 0.25) is 0 Å². The number of fused-ring (bicyclic) bond motifs is 1. The van der Waals surface area contributed by atoms with Gasteiger partial charge in [0.1, 0.15) is 5.78 Å². The molecule has 2 aliphatic carbocycles. The quantitative estimate of drug-likeness (QED) is 0.599. The number of allylic oxidation sites excluding steroid dienone is 1.